The summed E-state index contributed by atoms with van der Waals surface area (Å²) in [5, 5.41) is -0.503. The Morgan fingerprint density at radius 1 is 1.31 bits per heavy atom. The molecule has 0 aliphatic carbocycles. The van der Waals surface area contributed by atoms with E-state index in [2.05, 4.69) is 14.9 Å². The summed E-state index contributed by atoms with van der Waals surface area (Å²) in [5.74, 6) is 2.05. The number of aromatic nitrogens is 2. The van der Waals surface area contributed by atoms with Crippen molar-refractivity contribution in [3.63, 3.8) is 0 Å². The van der Waals surface area contributed by atoms with Gasteiger partial charge >= 0.3 is 0 Å². The highest BCUT2D eigenvalue weighted by Gasteiger charge is 2.30. The first-order chi connectivity index (χ1) is 12.5. The van der Waals surface area contributed by atoms with Gasteiger partial charge in [0, 0.05) is 31.7 Å². The molecular weight excluding hydrogens is 352 g/mol. The Kier molecular flexibility index (Phi) is 5.61. The summed E-state index contributed by atoms with van der Waals surface area (Å²) in [6.07, 6.45) is 1.51. The molecule has 1 aliphatic heterocycles. The number of aryl methyl sites for hydroxylation is 1. The Hall–Kier alpha value is -2.34. The molecule has 138 valence electrons. The molecule has 1 saturated heterocycles. The number of anilines is 1. The lowest BCUT2D eigenvalue weighted by Gasteiger charge is -2.40. The molecule has 2 heterocycles. The summed E-state index contributed by atoms with van der Waals surface area (Å²) in [6.45, 7) is 7.73. The van der Waals surface area contributed by atoms with Crippen molar-refractivity contribution < 1.29 is 9.53 Å². The molecule has 1 amide bonds. The van der Waals surface area contributed by atoms with Gasteiger partial charge in [0.2, 0.25) is 11.8 Å². The van der Waals surface area contributed by atoms with E-state index in [1.54, 1.807) is 6.92 Å². The van der Waals surface area contributed by atoms with Crippen molar-refractivity contribution in [2.24, 2.45) is 0 Å². The van der Waals surface area contributed by atoms with Gasteiger partial charge in [0.1, 0.15) is 23.3 Å². The number of rotatable bonds is 4. The third kappa shape index (κ3) is 4.07. The molecule has 0 unspecified atom stereocenters. The van der Waals surface area contributed by atoms with Crippen molar-refractivity contribution in [3.05, 3.63) is 42.2 Å². The van der Waals surface area contributed by atoms with Crippen molar-refractivity contribution in [3.8, 4) is 11.6 Å². The number of para-hydroxylation sites is 1. The second-order valence-corrected chi connectivity index (χ2v) is 7.18. The molecular formula is C19H23ClN4O2. The Labute approximate surface area is 158 Å². The van der Waals surface area contributed by atoms with Gasteiger partial charge in [0.15, 0.2) is 0 Å². The van der Waals surface area contributed by atoms with Crippen molar-refractivity contribution in [2.45, 2.75) is 32.2 Å². The number of nitrogens with zero attached hydrogens (tertiary/aromatic N) is 4. The zero-order valence-electron chi connectivity index (χ0n) is 15.2. The van der Waals surface area contributed by atoms with Crippen LogP contribution in [-0.4, -0.2) is 51.8 Å². The quantitative estimate of drug-likeness (QED) is 0.769. The Balaban J connectivity index is 1.71. The number of carbonyl (C=O) groups is 1. The lowest BCUT2D eigenvalue weighted by Crippen LogP contribution is -2.55. The summed E-state index contributed by atoms with van der Waals surface area (Å²) in [4.78, 5) is 24.7. The third-order valence-corrected chi connectivity index (χ3v) is 4.70. The van der Waals surface area contributed by atoms with E-state index < -0.39 is 5.38 Å². The zero-order valence-corrected chi connectivity index (χ0v) is 16.0. The average Bonchev–Trinajstić information content (AvgIpc) is 2.63. The second kappa shape index (κ2) is 7.91. The summed E-state index contributed by atoms with van der Waals surface area (Å²) in [7, 11) is 0. The van der Waals surface area contributed by atoms with Gasteiger partial charge in [-0.05, 0) is 32.4 Å². The summed E-state index contributed by atoms with van der Waals surface area (Å²) >= 11 is 5.95. The van der Waals surface area contributed by atoms with Crippen LogP contribution in [0.2, 0.25) is 0 Å². The number of halogens is 1. The lowest BCUT2D eigenvalue weighted by atomic mass is 10.1. The molecule has 26 heavy (non-hydrogen) atoms. The predicted octanol–water partition coefficient (Wildman–Crippen LogP) is 3.24. The molecule has 3 rings (SSSR count). The van der Waals surface area contributed by atoms with Crippen LogP contribution in [0.4, 0.5) is 5.82 Å². The van der Waals surface area contributed by atoms with Gasteiger partial charge < -0.3 is 14.5 Å². The van der Waals surface area contributed by atoms with E-state index in [4.69, 9.17) is 16.3 Å². The van der Waals surface area contributed by atoms with Crippen LogP contribution in [0.3, 0.4) is 0 Å². The van der Waals surface area contributed by atoms with Crippen LogP contribution >= 0.6 is 11.6 Å². The van der Waals surface area contributed by atoms with Crippen molar-refractivity contribution in [1.82, 2.24) is 14.9 Å². The number of carbonyl (C=O) groups excluding carboxylic acids is 1. The van der Waals surface area contributed by atoms with E-state index in [9.17, 15) is 4.79 Å². The Morgan fingerprint density at radius 2 is 2.08 bits per heavy atom. The van der Waals surface area contributed by atoms with Crippen molar-refractivity contribution in [2.75, 3.05) is 24.5 Å². The standard InChI is InChI=1S/C19H23ClN4O2/c1-13-6-4-5-7-16(13)26-18-10-17(21-12-22-18)23-8-9-24(14(2)11-23)19(25)15(3)20/h4-7,10,12,14-15H,8-9,11H2,1-3H3/t14-,15-/m0/s1. The molecule has 0 N–H and O–H groups in total. The Morgan fingerprint density at radius 3 is 2.77 bits per heavy atom. The van der Waals surface area contributed by atoms with Gasteiger partial charge in [0.25, 0.3) is 0 Å². The minimum absolute atomic E-state index is 0.0231. The molecule has 1 aromatic carbocycles. The third-order valence-electron chi connectivity index (χ3n) is 4.51. The van der Waals surface area contributed by atoms with E-state index >= 15 is 0 Å². The molecule has 1 fully saturated rings. The van der Waals surface area contributed by atoms with Crippen molar-refractivity contribution in [1.29, 1.82) is 0 Å². The molecule has 0 saturated carbocycles. The van der Waals surface area contributed by atoms with Crippen LogP contribution in [0.5, 0.6) is 11.6 Å². The molecule has 0 radical (unpaired) electrons. The largest absolute Gasteiger partial charge is 0.439 e. The normalized spacial score (nSPS) is 18.5. The van der Waals surface area contributed by atoms with Crippen LogP contribution in [0.15, 0.2) is 36.7 Å². The fourth-order valence-electron chi connectivity index (χ4n) is 3.06. The molecule has 2 aromatic rings. The molecule has 0 spiro atoms. The number of hydrogen-bond acceptors (Lipinski definition) is 5. The first kappa shape index (κ1) is 18.5. The highest BCUT2D eigenvalue weighted by Crippen LogP contribution is 2.26. The van der Waals surface area contributed by atoms with E-state index in [1.165, 1.54) is 6.33 Å². The number of benzene rings is 1. The van der Waals surface area contributed by atoms with Gasteiger partial charge in [-0.25, -0.2) is 9.97 Å². The molecule has 6 nitrogen and oxygen atoms in total. The maximum atomic E-state index is 12.2. The van der Waals surface area contributed by atoms with Gasteiger partial charge in [-0.2, -0.15) is 0 Å². The highest BCUT2D eigenvalue weighted by molar-refractivity contribution is 6.30. The number of amides is 1. The minimum atomic E-state index is -0.503. The molecule has 2 atom stereocenters. The fourth-order valence-corrected chi connectivity index (χ4v) is 3.19. The van der Waals surface area contributed by atoms with E-state index in [0.717, 1.165) is 17.1 Å². The van der Waals surface area contributed by atoms with Crippen LogP contribution in [-0.2, 0) is 4.79 Å². The maximum absolute atomic E-state index is 12.2. The van der Waals surface area contributed by atoms with Gasteiger partial charge in [0.05, 0.1) is 0 Å². The molecule has 7 heteroatoms. The smallest absolute Gasteiger partial charge is 0.240 e. The monoisotopic (exact) mass is 374 g/mol. The van der Waals surface area contributed by atoms with E-state index in [0.29, 0.717) is 25.5 Å². The fraction of sp³-hybridized carbons (Fsp3) is 0.421. The van der Waals surface area contributed by atoms with Crippen molar-refractivity contribution >= 4 is 23.3 Å². The zero-order chi connectivity index (χ0) is 18.7. The topological polar surface area (TPSA) is 58.6 Å². The number of piperazine rings is 1. The van der Waals surface area contributed by atoms with Crippen LogP contribution < -0.4 is 9.64 Å². The average molecular weight is 375 g/mol. The second-order valence-electron chi connectivity index (χ2n) is 6.52. The summed E-state index contributed by atoms with van der Waals surface area (Å²) in [5.41, 5.74) is 1.05. The first-order valence-electron chi connectivity index (χ1n) is 8.70. The first-order valence-corrected chi connectivity index (χ1v) is 9.14. The minimum Gasteiger partial charge on any atom is -0.439 e. The Bertz CT molecular complexity index is 784. The van der Waals surface area contributed by atoms with Crippen LogP contribution in [0.1, 0.15) is 19.4 Å². The molecule has 1 aromatic heterocycles. The molecule has 1 aliphatic rings. The van der Waals surface area contributed by atoms with Gasteiger partial charge in [-0.3, -0.25) is 4.79 Å². The number of hydrogen-bond donors (Lipinski definition) is 0. The highest BCUT2D eigenvalue weighted by atomic mass is 35.5. The number of ether oxygens (including phenoxy) is 1. The van der Waals surface area contributed by atoms with E-state index in [-0.39, 0.29) is 11.9 Å². The SMILES string of the molecule is Cc1ccccc1Oc1cc(N2CCN(C(=O)[C@H](C)Cl)[C@@H](C)C2)ncn1. The van der Waals surface area contributed by atoms with Gasteiger partial charge in [-0.15, -0.1) is 11.6 Å². The van der Waals surface area contributed by atoms with Crippen LogP contribution in [0.25, 0.3) is 0 Å². The number of alkyl halides is 1. The summed E-state index contributed by atoms with van der Waals surface area (Å²) < 4.78 is 5.90. The lowest BCUT2D eigenvalue weighted by molar-refractivity contribution is -0.132. The maximum Gasteiger partial charge on any atom is 0.240 e. The van der Waals surface area contributed by atoms with Crippen LogP contribution in [0, 0.1) is 6.92 Å². The van der Waals surface area contributed by atoms with E-state index in [1.807, 2.05) is 49.1 Å². The molecule has 0 bridgehead atoms. The van der Waals surface area contributed by atoms with Gasteiger partial charge in [-0.1, -0.05) is 18.2 Å². The summed E-state index contributed by atoms with van der Waals surface area (Å²) in [6, 6.07) is 9.70. The predicted molar refractivity (Wildman–Crippen MR) is 102 cm³/mol.